The summed E-state index contributed by atoms with van der Waals surface area (Å²) in [5.41, 5.74) is 4.93. The Morgan fingerprint density at radius 1 is 1.27 bits per heavy atom. The molecule has 0 aliphatic heterocycles. The normalized spacial score (nSPS) is 21.8. The third-order valence-corrected chi connectivity index (χ3v) is 2.04. The van der Waals surface area contributed by atoms with Gasteiger partial charge in [0.25, 0.3) is 0 Å². The number of rotatable bonds is 1. The Bertz CT molecular complexity index is 121. The maximum atomic E-state index is 11.8. The zero-order valence-electron chi connectivity index (χ0n) is 5.90. The van der Waals surface area contributed by atoms with Crippen molar-refractivity contribution in [2.75, 3.05) is 0 Å². The van der Waals surface area contributed by atoms with Crippen LogP contribution in [0.3, 0.4) is 0 Å². The van der Waals surface area contributed by atoms with E-state index in [1.165, 1.54) is 0 Å². The molecule has 1 rings (SSSR count). The first kappa shape index (κ1) is 11.0. The molecule has 0 saturated heterocycles. The molecule has 0 spiro atoms. The molecule has 5 heteroatoms. The van der Waals surface area contributed by atoms with Gasteiger partial charge in [0, 0.05) is 0 Å². The number of hydrogen-bond donors (Lipinski definition) is 1. The molecule has 0 radical (unpaired) electrons. The van der Waals surface area contributed by atoms with Gasteiger partial charge in [-0.3, -0.25) is 0 Å². The summed E-state index contributed by atoms with van der Waals surface area (Å²) in [6.07, 6.45) is -2.01. The van der Waals surface area contributed by atoms with Crippen molar-refractivity contribution in [3.8, 4) is 0 Å². The molecule has 1 saturated carbocycles. The van der Waals surface area contributed by atoms with Gasteiger partial charge in [-0.1, -0.05) is 6.42 Å². The average Bonchev–Trinajstić information content (AvgIpc) is 1.57. The van der Waals surface area contributed by atoms with Crippen LogP contribution >= 0.6 is 12.4 Å². The van der Waals surface area contributed by atoms with Gasteiger partial charge in [-0.2, -0.15) is 13.2 Å². The van der Waals surface area contributed by atoms with Crippen molar-refractivity contribution >= 4 is 12.4 Å². The predicted molar refractivity (Wildman–Crippen MR) is 38.6 cm³/mol. The topological polar surface area (TPSA) is 26.0 Å². The van der Waals surface area contributed by atoms with Gasteiger partial charge in [0.1, 0.15) is 6.04 Å². The van der Waals surface area contributed by atoms with Crippen LogP contribution in [0.4, 0.5) is 13.2 Å². The molecule has 1 aliphatic rings. The molecular weight excluding hydrogens is 179 g/mol. The lowest BCUT2D eigenvalue weighted by Crippen LogP contribution is -2.46. The van der Waals surface area contributed by atoms with Crippen LogP contribution in [-0.4, -0.2) is 12.2 Å². The van der Waals surface area contributed by atoms with E-state index in [9.17, 15) is 13.2 Å². The third-order valence-electron chi connectivity index (χ3n) is 2.04. The molecule has 68 valence electrons. The first-order valence-electron chi connectivity index (χ1n) is 3.34. The summed E-state index contributed by atoms with van der Waals surface area (Å²) in [4.78, 5) is 0. The highest BCUT2D eigenvalue weighted by atomic mass is 35.5. The van der Waals surface area contributed by atoms with Gasteiger partial charge in [-0.15, -0.1) is 12.4 Å². The fraction of sp³-hybridized carbons (Fsp3) is 1.00. The number of hydrogen-bond acceptors (Lipinski definition) is 1. The summed E-state index contributed by atoms with van der Waals surface area (Å²) in [7, 11) is 0. The molecule has 1 fully saturated rings. The molecular formula is C6H11ClF3N. The second-order valence-corrected chi connectivity index (χ2v) is 2.76. The summed E-state index contributed by atoms with van der Waals surface area (Å²) in [5.74, 6) is -0.306. The third kappa shape index (κ3) is 2.52. The van der Waals surface area contributed by atoms with Crippen molar-refractivity contribution in [3.63, 3.8) is 0 Å². The summed E-state index contributed by atoms with van der Waals surface area (Å²) < 4.78 is 35.4. The minimum absolute atomic E-state index is 0. The number of nitrogens with two attached hydrogens (primary N) is 1. The highest BCUT2D eigenvalue weighted by Crippen LogP contribution is 2.35. The van der Waals surface area contributed by atoms with Gasteiger partial charge in [-0.25, -0.2) is 0 Å². The van der Waals surface area contributed by atoms with Crippen molar-refractivity contribution in [1.29, 1.82) is 0 Å². The predicted octanol–water partition coefficient (Wildman–Crippen LogP) is 2.10. The van der Waals surface area contributed by atoms with Crippen LogP contribution in [-0.2, 0) is 0 Å². The maximum Gasteiger partial charge on any atom is 0.403 e. The molecule has 11 heavy (non-hydrogen) atoms. The van der Waals surface area contributed by atoms with E-state index >= 15 is 0 Å². The Labute approximate surface area is 69.5 Å². The first-order valence-corrected chi connectivity index (χ1v) is 3.34. The van der Waals surface area contributed by atoms with Crippen molar-refractivity contribution in [2.24, 2.45) is 11.7 Å². The molecule has 0 aromatic heterocycles. The van der Waals surface area contributed by atoms with Gasteiger partial charge in [0.05, 0.1) is 0 Å². The number of halogens is 4. The Morgan fingerprint density at radius 3 is 1.82 bits per heavy atom. The Kier molecular flexibility index (Phi) is 3.64. The smallest absolute Gasteiger partial charge is 0.320 e. The van der Waals surface area contributed by atoms with E-state index in [-0.39, 0.29) is 18.3 Å². The van der Waals surface area contributed by atoms with Crippen LogP contribution in [0.5, 0.6) is 0 Å². The molecule has 0 aromatic rings. The lowest BCUT2D eigenvalue weighted by molar-refractivity contribution is -0.164. The lowest BCUT2D eigenvalue weighted by atomic mass is 9.80. The van der Waals surface area contributed by atoms with Crippen LogP contribution in [0.2, 0.25) is 0 Å². The second kappa shape index (κ2) is 3.63. The second-order valence-electron chi connectivity index (χ2n) is 2.76. The molecule has 1 unspecified atom stereocenters. The van der Waals surface area contributed by atoms with E-state index in [1.54, 1.807) is 0 Å². The average molecular weight is 190 g/mol. The Hall–Kier alpha value is 0.0400. The fourth-order valence-electron chi connectivity index (χ4n) is 1.07. The SMILES string of the molecule is Cl.NC(C1CCC1)C(F)(F)F. The van der Waals surface area contributed by atoms with Crippen LogP contribution in [0.15, 0.2) is 0 Å². The molecule has 0 amide bonds. The Morgan fingerprint density at radius 2 is 1.73 bits per heavy atom. The van der Waals surface area contributed by atoms with Crippen molar-refractivity contribution < 1.29 is 13.2 Å². The highest BCUT2D eigenvalue weighted by Gasteiger charge is 2.43. The van der Waals surface area contributed by atoms with E-state index in [4.69, 9.17) is 5.73 Å². The molecule has 0 heterocycles. The van der Waals surface area contributed by atoms with E-state index in [1.807, 2.05) is 0 Å². The quantitative estimate of drug-likeness (QED) is 0.672. The van der Waals surface area contributed by atoms with Crippen molar-refractivity contribution in [3.05, 3.63) is 0 Å². The van der Waals surface area contributed by atoms with Gasteiger partial charge in [-0.05, 0) is 18.8 Å². The zero-order valence-corrected chi connectivity index (χ0v) is 6.71. The van der Waals surface area contributed by atoms with Crippen molar-refractivity contribution in [2.45, 2.75) is 31.5 Å². The van der Waals surface area contributed by atoms with Crippen LogP contribution in [0, 0.1) is 5.92 Å². The fourth-order valence-corrected chi connectivity index (χ4v) is 1.07. The summed E-state index contributed by atoms with van der Waals surface area (Å²) in [6, 6.07) is -1.58. The lowest BCUT2D eigenvalue weighted by Gasteiger charge is -2.32. The van der Waals surface area contributed by atoms with Crippen molar-refractivity contribution in [1.82, 2.24) is 0 Å². The van der Waals surface area contributed by atoms with E-state index in [0.717, 1.165) is 6.42 Å². The van der Waals surface area contributed by atoms with E-state index in [2.05, 4.69) is 0 Å². The summed E-state index contributed by atoms with van der Waals surface area (Å²) in [6.45, 7) is 0. The van der Waals surface area contributed by atoms with Crippen LogP contribution < -0.4 is 5.73 Å². The number of alkyl halides is 3. The highest BCUT2D eigenvalue weighted by molar-refractivity contribution is 5.85. The molecule has 2 N–H and O–H groups in total. The maximum absolute atomic E-state index is 11.8. The summed E-state index contributed by atoms with van der Waals surface area (Å²) in [5, 5.41) is 0. The van der Waals surface area contributed by atoms with Gasteiger partial charge in [0.15, 0.2) is 0 Å². The van der Waals surface area contributed by atoms with Gasteiger partial charge < -0.3 is 5.73 Å². The monoisotopic (exact) mass is 189 g/mol. The minimum atomic E-state index is -4.19. The largest absolute Gasteiger partial charge is 0.403 e. The van der Waals surface area contributed by atoms with Crippen LogP contribution in [0.25, 0.3) is 0 Å². The standard InChI is InChI=1S/C6H10F3N.ClH/c7-6(8,9)5(10)4-2-1-3-4;/h4-5H,1-3,10H2;1H. The summed E-state index contributed by atoms with van der Waals surface area (Å²) >= 11 is 0. The molecule has 1 aliphatic carbocycles. The van der Waals surface area contributed by atoms with E-state index in [0.29, 0.717) is 12.8 Å². The van der Waals surface area contributed by atoms with Gasteiger partial charge in [0.2, 0.25) is 0 Å². The molecule has 0 aromatic carbocycles. The van der Waals surface area contributed by atoms with E-state index < -0.39 is 12.2 Å². The molecule has 1 atom stereocenters. The first-order chi connectivity index (χ1) is 4.52. The van der Waals surface area contributed by atoms with Gasteiger partial charge >= 0.3 is 6.18 Å². The molecule has 0 bridgehead atoms. The molecule has 1 nitrogen and oxygen atoms in total. The Balaban J connectivity index is 0.000001000. The van der Waals surface area contributed by atoms with Crippen LogP contribution in [0.1, 0.15) is 19.3 Å². The minimum Gasteiger partial charge on any atom is -0.320 e. The zero-order chi connectivity index (χ0) is 7.78.